The van der Waals surface area contributed by atoms with Crippen LogP contribution >= 0.6 is 11.3 Å². The molecule has 0 aliphatic carbocycles. The van der Waals surface area contributed by atoms with E-state index >= 15 is 0 Å². The van der Waals surface area contributed by atoms with E-state index in [0.29, 0.717) is 5.69 Å². The minimum absolute atomic E-state index is 0.0278. The number of hydrogen-bond acceptors (Lipinski definition) is 6. The number of amides is 1. The van der Waals surface area contributed by atoms with Gasteiger partial charge in [0.1, 0.15) is 5.69 Å². The van der Waals surface area contributed by atoms with Gasteiger partial charge in [-0.05, 0) is 38.4 Å². The van der Waals surface area contributed by atoms with Gasteiger partial charge in [-0.3, -0.25) is 4.79 Å². The van der Waals surface area contributed by atoms with E-state index < -0.39 is 0 Å². The van der Waals surface area contributed by atoms with Gasteiger partial charge in [-0.15, -0.1) is 11.3 Å². The second-order valence-electron chi connectivity index (χ2n) is 8.30. The molecule has 5 rings (SSSR count). The maximum atomic E-state index is 12.8. The molecule has 27 heavy (non-hydrogen) atoms. The number of rotatable bonds is 3. The van der Waals surface area contributed by atoms with Crippen molar-refractivity contribution < 1.29 is 4.79 Å². The molecule has 2 bridgehead atoms. The van der Waals surface area contributed by atoms with Crippen LogP contribution in [0.25, 0.3) is 10.1 Å². The van der Waals surface area contributed by atoms with Crippen molar-refractivity contribution in [3.63, 3.8) is 0 Å². The molecule has 3 fully saturated rings. The summed E-state index contributed by atoms with van der Waals surface area (Å²) in [4.78, 5) is 24.6. The SMILES string of the molecule is CN1CCN(c2csc3cnc(C(=O)N[C@@H]4C[C@@H]5CCN(C5)C4)cc23)CC1. The Morgan fingerprint density at radius 1 is 1.22 bits per heavy atom. The summed E-state index contributed by atoms with van der Waals surface area (Å²) in [7, 11) is 2.17. The Bertz CT molecular complexity index is 832. The highest BCUT2D eigenvalue weighted by molar-refractivity contribution is 7.17. The Morgan fingerprint density at radius 2 is 2.07 bits per heavy atom. The minimum Gasteiger partial charge on any atom is -0.368 e. The highest BCUT2D eigenvalue weighted by Gasteiger charge is 2.33. The standard InChI is InChI=1S/C20H27N5OS/c1-23-4-6-25(7-5-23)18-13-27-19-10-21-17(9-16(18)19)20(26)22-15-8-14-2-3-24(11-14)12-15/h9-10,13-15H,2-8,11-12H2,1H3,(H,22,26)/t14-,15+/m0/s1. The molecule has 3 aliphatic heterocycles. The van der Waals surface area contributed by atoms with Gasteiger partial charge in [-0.2, -0.15) is 0 Å². The lowest BCUT2D eigenvalue weighted by molar-refractivity contribution is 0.0904. The number of carbonyl (C=O) groups excluding carboxylic acids is 1. The van der Waals surface area contributed by atoms with Gasteiger partial charge in [-0.25, -0.2) is 4.98 Å². The van der Waals surface area contributed by atoms with Crippen LogP contribution in [0.4, 0.5) is 5.69 Å². The van der Waals surface area contributed by atoms with Gasteiger partial charge in [-0.1, -0.05) is 0 Å². The molecule has 0 radical (unpaired) electrons. The Labute approximate surface area is 164 Å². The number of piperazine rings is 1. The summed E-state index contributed by atoms with van der Waals surface area (Å²) in [5.41, 5.74) is 1.80. The highest BCUT2D eigenvalue weighted by Crippen LogP contribution is 2.33. The maximum absolute atomic E-state index is 12.8. The average molecular weight is 386 g/mol. The zero-order valence-corrected chi connectivity index (χ0v) is 16.7. The van der Waals surface area contributed by atoms with Gasteiger partial charge < -0.3 is 20.0 Å². The summed E-state index contributed by atoms with van der Waals surface area (Å²) in [5, 5.41) is 6.62. The molecule has 1 N–H and O–H groups in total. The summed E-state index contributed by atoms with van der Waals surface area (Å²) < 4.78 is 1.15. The number of pyridine rings is 1. The van der Waals surface area contributed by atoms with Crippen molar-refractivity contribution in [1.29, 1.82) is 0 Å². The molecule has 0 aromatic carbocycles. The van der Waals surface area contributed by atoms with Crippen molar-refractivity contribution in [3.05, 3.63) is 23.3 Å². The van der Waals surface area contributed by atoms with E-state index in [1.807, 2.05) is 12.3 Å². The number of carbonyl (C=O) groups is 1. The van der Waals surface area contributed by atoms with Crippen molar-refractivity contribution in [3.8, 4) is 0 Å². The first-order chi connectivity index (χ1) is 13.2. The number of piperidine rings is 1. The van der Waals surface area contributed by atoms with E-state index in [1.54, 1.807) is 11.3 Å². The number of nitrogens with zero attached hydrogens (tertiary/aromatic N) is 4. The van der Waals surface area contributed by atoms with Crippen LogP contribution in [0.5, 0.6) is 0 Å². The second-order valence-corrected chi connectivity index (χ2v) is 9.21. The van der Waals surface area contributed by atoms with Crippen LogP contribution < -0.4 is 10.2 Å². The van der Waals surface area contributed by atoms with E-state index in [0.717, 1.165) is 55.1 Å². The fraction of sp³-hybridized carbons (Fsp3) is 0.600. The number of fused-ring (bicyclic) bond motifs is 3. The number of anilines is 1. The number of hydrogen-bond donors (Lipinski definition) is 1. The third kappa shape index (κ3) is 3.44. The number of aromatic nitrogens is 1. The number of thiophene rings is 1. The number of nitrogens with one attached hydrogen (secondary N) is 1. The molecule has 144 valence electrons. The first-order valence-corrected chi connectivity index (χ1v) is 10.9. The topological polar surface area (TPSA) is 51.7 Å². The quantitative estimate of drug-likeness (QED) is 0.874. The van der Waals surface area contributed by atoms with Gasteiger partial charge in [0.15, 0.2) is 0 Å². The van der Waals surface area contributed by atoms with Crippen molar-refractivity contribution in [1.82, 2.24) is 20.1 Å². The molecule has 0 saturated carbocycles. The van der Waals surface area contributed by atoms with E-state index in [2.05, 4.69) is 37.4 Å². The molecule has 3 aliphatic rings. The zero-order chi connectivity index (χ0) is 18.4. The first kappa shape index (κ1) is 17.4. The molecule has 1 amide bonds. The van der Waals surface area contributed by atoms with Crippen LogP contribution in [-0.2, 0) is 0 Å². The summed E-state index contributed by atoms with van der Waals surface area (Å²) in [6.45, 7) is 7.60. The lowest BCUT2D eigenvalue weighted by Gasteiger charge is -2.33. The van der Waals surface area contributed by atoms with Crippen LogP contribution in [0.1, 0.15) is 23.3 Å². The van der Waals surface area contributed by atoms with Gasteiger partial charge >= 0.3 is 0 Å². The molecule has 7 heteroatoms. The predicted molar refractivity (Wildman–Crippen MR) is 110 cm³/mol. The normalized spacial score (nSPS) is 28.6. The molecule has 2 aromatic heterocycles. The Balaban J connectivity index is 1.34. The molecule has 3 saturated heterocycles. The Kier molecular flexibility index (Phi) is 4.53. The summed E-state index contributed by atoms with van der Waals surface area (Å²) >= 11 is 1.72. The third-order valence-corrected chi connectivity index (χ3v) is 7.24. The highest BCUT2D eigenvalue weighted by atomic mass is 32.1. The van der Waals surface area contributed by atoms with Gasteiger partial charge in [0.25, 0.3) is 5.91 Å². The first-order valence-electron chi connectivity index (χ1n) is 9.99. The smallest absolute Gasteiger partial charge is 0.270 e. The molecule has 3 atom stereocenters. The van der Waals surface area contributed by atoms with Crippen molar-refractivity contribution in [2.24, 2.45) is 5.92 Å². The van der Waals surface area contributed by atoms with Crippen LogP contribution in [0, 0.1) is 5.92 Å². The summed E-state index contributed by atoms with van der Waals surface area (Å²) in [5.74, 6) is 0.722. The van der Waals surface area contributed by atoms with Crippen LogP contribution in [0.3, 0.4) is 0 Å². The fourth-order valence-corrected chi connectivity index (χ4v) is 5.68. The average Bonchev–Trinajstić information content (AvgIpc) is 3.24. The largest absolute Gasteiger partial charge is 0.368 e. The van der Waals surface area contributed by atoms with E-state index in [1.165, 1.54) is 25.2 Å². The van der Waals surface area contributed by atoms with Crippen molar-refractivity contribution >= 4 is 33.0 Å². The van der Waals surface area contributed by atoms with Crippen LogP contribution in [-0.4, -0.2) is 79.6 Å². The molecule has 6 nitrogen and oxygen atoms in total. The van der Waals surface area contributed by atoms with Crippen molar-refractivity contribution in [2.45, 2.75) is 18.9 Å². The molecular formula is C20H27N5OS. The van der Waals surface area contributed by atoms with Gasteiger partial charge in [0.05, 0.1) is 10.4 Å². The van der Waals surface area contributed by atoms with E-state index in [9.17, 15) is 4.79 Å². The Morgan fingerprint density at radius 3 is 2.89 bits per heavy atom. The predicted octanol–water partition coefficient (Wildman–Crippen LogP) is 1.87. The molecule has 0 spiro atoms. The molecule has 5 heterocycles. The fourth-order valence-electron chi connectivity index (χ4n) is 4.76. The van der Waals surface area contributed by atoms with Crippen LogP contribution in [0.15, 0.2) is 17.6 Å². The number of likely N-dealkylation sites (N-methyl/N-ethyl adjacent to an activating group) is 1. The lowest BCUT2D eigenvalue weighted by atomic mass is 9.97. The zero-order valence-electron chi connectivity index (χ0n) is 15.9. The monoisotopic (exact) mass is 385 g/mol. The van der Waals surface area contributed by atoms with E-state index in [-0.39, 0.29) is 11.9 Å². The summed E-state index contributed by atoms with van der Waals surface area (Å²) in [6, 6.07) is 2.25. The molecular weight excluding hydrogens is 358 g/mol. The third-order valence-electron chi connectivity index (χ3n) is 6.32. The van der Waals surface area contributed by atoms with Gasteiger partial charge in [0.2, 0.25) is 0 Å². The maximum Gasteiger partial charge on any atom is 0.270 e. The Hall–Kier alpha value is -1.70. The minimum atomic E-state index is -0.0278. The lowest BCUT2D eigenvalue weighted by Crippen LogP contribution is -2.47. The van der Waals surface area contributed by atoms with Gasteiger partial charge in [0, 0.05) is 62.3 Å². The second kappa shape index (κ2) is 7.04. The van der Waals surface area contributed by atoms with Crippen molar-refractivity contribution in [2.75, 3.05) is 57.8 Å². The van der Waals surface area contributed by atoms with Crippen LogP contribution in [0.2, 0.25) is 0 Å². The molecule has 2 aromatic rings. The summed E-state index contributed by atoms with van der Waals surface area (Å²) in [6.07, 6.45) is 4.25. The molecule has 1 unspecified atom stereocenters. The van der Waals surface area contributed by atoms with E-state index in [4.69, 9.17) is 0 Å².